The van der Waals surface area contributed by atoms with Gasteiger partial charge in [-0.05, 0) is 50.2 Å². The molecule has 2 N–H and O–H groups in total. The summed E-state index contributed by atoms with van der Waals surface area (Å²) < 4.78 is 0. The molecule has 0 spiro atoms. The van der Waals surface area contributed by atoms with E-state index in [1.165, 1.54) is 25.9 Å². The van der Waals surface area contributed by atoms with E-state index in [0.717, 1.165) is 18.9 Å². The molecule has 5 heteroatoms. The first-order valence-corrected chi connectivity index (χ1v) is 7.99. The van der Waals surface area contributed by atoms with Gasteiger partial charge < -0.3 is 15.3 Å². The van der Waals surface area contributed by atoms with Crippen LogP contribution >= 0.6 is 0 Å². The second-order valence-corrected chi connectivity index (χ2v) is 7.14. The lowest BCUT2D eigenvalue weighted by Gasteiger charge is -2.30. The minimum atomic E-state index is -0.855. The highest BCUT2D eigenvalue weighted by Gasteiger charge is 2.25. The molecule has 21 heavy (non-hydrogen) atoms. The predicted octanol–water partition coefficient (Wildman–Crippen LogP) is 2.12. The van der Waals surface area contributed by atoms with E-state index >= 15 is 0 Å². The molecular weight excluding hydrogens is 268 g/mol. The van der Waals surface area contributed by atoms with Gasteiger partial charge in [-0.15, -0.1) is 0 Å². The van der Waals surface area contributed by atoms with Crippen LogP contribution in [0, 0.1) is 11.3 Å². The van der Waals surface area contributed by atoms with Crippen molar-refractivity contribution in [3.05, 3.63) is 0 Å². The van der Waals surface area contributed by atoms with Crippen LogP contribution in [0.1, 0.15) is 52.9 Å². The number of nitrogens with one attached hydrogen (secondary N) is 1. The molecule has 1 amide bonds. The number of hydrogen-bond donors (Lipinski definition) is 2. The number of carboxylic acids is 1. The van der Waals surface area contributed by atoms with Crippen LogP contribution in [0.25, 0.3) is 0 Å². The number of nitrogens with zero attached hydrogens (tertiary/aromatic N) is 1. The van der Waals surface area contributed by atoms with Gasteiger partial charge in [0, 0.05) is 13.0 Å². The Kier molecular flexibility index (Phi) is 7.15. The summed E-state index contributed by atoms with van der Waals surface area (Å²) >= 11 is 0. The average molecular weight is 298 g/mol. The first-order valence-electron chi connectivity index (χ1n) is 7.99. The lowest BCUT2D eigenvalue weighted by molar-refractivity contribution is -0.139. The molecule has 0 aliphatic carbocycles. The van der Waals surface area contributed by atoms with E-state index in [9.17, 15) is 9.59 Å². The van der Waals surface area contributed by atoms with Gasteiger partial charge in [0.1, 0.15) is 0 Å². The number of carbonyl (C=O) groups is 2. The molecule has 0 saturated carbocycles. The van der Waals surface area contributed by atoms with Crippen LogP contribution < -0.4 is 5.32 Å². The zero-order chi connectivity index (χ0) is 15.9. The molecule has 1 saturated heterocycles. The highest BCUT2D eigenvalue weighted by Crippen LogP contribution is 2.24. The molecule has 122 valence electrons. The Bertz CT molecular complexity index is 347. The van der Waals surface area contributed by atoms with Gasteiger partial charge >= 0.3 is 5.97 Å². The molecule has 1 rings (SSSR count). The van der Waals surface area contributed by atoms with Crippen molar-refractivity contribution < 1.29 is 14.7 Å². The van der Waals surface area contributed by atoms with E-state index in [1.54, 1.807) is 0 Å². The molecule has 0 aromatic rings. The number of hydrogen-bond acceptors (Lipinski definition) is 3. The smallest absolute Gasteiger partial charge is 0.303 e. The van der Waals surface area contributed by atoms with Gasteiger partial charge in [-0.1, -0.05) is 20.8 Å². The van der Waals surface area contributed by atoms with Crippen molar-refractivity contribution >= 4 is 11.9 Å². The van der Waals surface area contributed by atoms with Gasteiger partial charge in [-0.25, -0.2) is 0 Å². The third kappa shape index (κ3) is 8.05. The number of carboxylic acid groups (broad SMARTS) is 1. The summed E-state index contributed by atoms with van der Waals surface area (Å²) in [7, 11) is 0. The maximum Gasteiger partial charge on any atom is 0.303 e. The van der Waals surface area contributed by atoms with E-state index in [1.807, 2.05) is 13.8 Å². The molecule has 0 radical (unpaired) electrons. The van der Waals surface area contributed by atoms with Gasteiger partial charge in [-0.3, -0.25) is 9.59 Å². The van der Waals surface area contributed by atoms with Gasteiger partial charge in [0.2, 0.25) is 5.91 Å². The number of rotatable bonds is 8. The lowest BCUT2D eigenvalue weighted by Crippen LogP contribution is -2.36. The fraction of sp³-hybridized carbons (Fsp3) is 0.875. The van der Waals surface area contributed by atoms with Crippen LogP contribution in [-0.4, -0.2) is 48.1 Å². The Hall–Kier alpha value is -1.10. The molecule has 0 atom stereocenters. The minimum Gasteiger partial charge on any atom is -0.481 e. The maximum absolute atomic E-state index is 11.8. The summed E-state index contributed by atoms with van der Waals surface area (Å²) in [6.07, 6.45) is 3.79. The minimum absolute atomic E-state index is 0.0202. The lowest BCUT2D eigenvalue weighted by atomic mass is 9.85. The molecule has 0 aromatic heterocycles. The monoisotopic (exact) mass is 298 g/mol. The zero-order valence-corrected chi connectivity index (χ0v) is 13.7. The van der Waals surface area contributed by atoms with E-state index < -0.39 is 11.4 Å². The number of carbonyl (C=O) groups excluding carboxylic acids is 1. The summed E-state index contributed by atoms with van der Waals surface area (Å²) in [5, 5.41) is 11.7. The largest absolute Gasteiger partial charge is 0.481 e. The Morgan fingerprint density at radius 1 is 1.24 bits per heavy atom. The second-order valence-electron chi connectivity index (χ2n) is 7.14. The number of amides is 1. The third-order valence-corrected chi connectivity index (χ3v) is 4.12. The molecule has 1 aliphatic rings. The molecular formula is C16H30N2O3. The molecule has 5 nitrogen and oxygen atoms in total. The standard InChI is InChI=1S/C16H30N2O3/c1-13-5-9-18(10-6-13)8-4-7-17-14(19)11-16(2,3)12-15(20)21/h13H,4-12H2,1-3H3,(H,17,19)(H,20,21). The van der Waals surface area contributed by atoms with E-state index in [0.29, 0.717) is 6.54 Å². The van der Waals surface area contributed by atoms with Gasteiger partial charge in [0.15, 0.2) is 0 Å². The van der Waals surface area contributed by atoms with E-state index in [2.05, 4.69) is 17.1 Å². The fourth-order valence-corrected chi connectivity index (χ4v) is 2.79. The van der Waals surface area contributed by atoms with Gasteiger partial charge in [-0.2, -0.15) is 0 Å². The van der Waals surface area contributed by atoms with Gasteiger partial charge in [0.25, 0.3) is 0 Å². The quantitative estimate of drug-likeness (QED) is 0.673. The molecule has 0 bridgehead atoms. The first-order chi connectivity index (χ1) is 9.78. The Morgan fingerprint density at radius 2 is 1.86 bits per heavy atom. The SMILES string of the molecule is CC1CCN(CCCNC(=O)CC(C)(C)CC(=O)O)CC1. The van der Waals surface area contributed by atoms with Gasteiger partial charge in [0.05, 0.1) is 6.42 Å². The molecule has 1 heterocycles. The maximum atomic E-state index is 11.8. The summed E-state index contributed by atoms with van der Waals surface area (Å²) in [5.41, 5.74) is -0.487. The van der Waals surface area contributed by atoms with Crippen molar-refractivity contribution in [1.82, 2.24) is 10.2 Å². The van der Waals surface area contributed by atoms with Crippen LogP contribution in [0.15, 0.2) is 0 Å². The summed E-state index contributed by atoms with van der Waals surface area (Å²) in [4.78, 5) is 25.0. The topological polar surface area (TPSA) is 69.6 Å². The van der Waals surface area contributed by atoms with E-state index in [4.69, 9.17) is 5.11 Å². The van der Waals surface area contributed by atoms with Crippen molar-refractivity contribution in [3.8, 4) is 0 Å². The molecule has 1 fully saturated rings. The highest BCUT2D eigenvalue weighted by molar-refractivity contribution is 5.77. The zero-order valence-electron chi connectivity index (χ0n) is 13.7. The predicted molar refractivity (Wildman–Crippen MR) is 83.1 cm³/mol. The van der Waals surface area contributed by atoms with Crippen molar-refractivity contribution in [1.29, 1.82) is 0 Å². The van der Waals surface area contributed by atoms with Crippen molar-refractivity contribution in [2.75, 3.05) is 26.2 Å². The normalized spacial score (nSPS) is 17.7. The first kappa shape index (κ1) is 18.0. The molecule has 0 unspecified atom stereocenters. The van der Waals surface area contributed by atoms with Crippen LogP contribution in [0.5, 0.6) is 0 Å². The Morgan fingerprint density at radius 3 is 2.43 bits per heavy atom. The number of aliphatic carboxylic acids is 1. The van der Waals surface area contributed by atoms with Crippen LogP contribution in [0.2, 0.25) is 0 Å². The van der Waals surface area contributed by atoms with E-state index in [-0.39, 0.29) is 18.7 Å². The van der Waals surface area contributed by atoms with Crippen molar-refractivity contribution in [3.63, 3.8) is 0 Å². The molecule has 1 aliphatic heterocycles. The Labute approximate surface area is 128 Å². The number of likely N-dealkylation sites (tertiary alicyclic amines) is 1. The molecule has 0 aromatic carbocycles. The van der Waals surface area contributed by atoms with Crippen LogP contribution in [0.3, 0.4) is 0 Å². The summed E-state index contributed by atoms with van der Waals surface area (Å²) in [6.45, 7) is 9.97. The Balaban J connectivity index is 2.12. The summed E-state index contributed by atoms with van der Waals surface area (Å²) in [6, 6.07) is 0. The van der Waals surface area contributed by atoms with Crippen molar-refractivity contribution in [2.24, 2.45) is 11.3 Å². The third-order valence-electron chi connectivity index (χ3n) is 4.12. The summed E-state index contributed by atoms with van der Waals surface area (Å²) in [5.74, 6) is -0.0573. The van der Waals surface area contributed by atoms with Crippen molar-refractivity contribution in [2.45, 2.75) is 52.9 Å². The fourth-order valence-electron chi connectivity index (χ4n) is 2.79. The number of piperidine rings is 1. The highest BCUT2D eigenvalue weighted by atomic mass is 16.4. The second kappa shape index (κ2) is 8.37. The van der Waals surface area contributed by atoms with Crippen LogP contribution in [0.4, 0.5) is 0 Å². The van der Waals surface area contributed by atoms with Crippen LogP contribution in [-0.2, 0) is 9.59 Å². The average Bonchev–Trinajstić information content (AvgIpc) is 2.34.